The number of benzene rings is 1. The fourth-order valence-corrected chi connectivity index (χ4v) is 3.79. The number of fused-ring (bicyclic) bond motifs is 1. The summed E-state index contributed by atoms with van der Waals surface area (Å²) in [6.07, 6.45) is 2.23. The van der Waals surface area contributed by atoms with Crippen LogP contribution in [0.25, 0.3) is 11.0 Å². The first-order valence-electron chi connectivity index (χ1n) is 10.8. The molecule has 0 bridgehead atoms. The Kier molecular flexibility index (Phi) is 6.22. The minimum Gasteiger partial charge on any atom is -0.459 e. The molecule has 2 N–H and O–H groups in total. The number of guanidine groups is 1. The first kappa shape index (κ1) is 20.7. The summed E-state index contributed by atoms with van der Waals surface area (Å²) >= 11 is 0. The summed E-state index contributed by atoms with van der Waals surface area (Å²) in [4.78, 5) is 21.2. The van der Waals surface area contributed by atoms with E-state index in [2.05, 4.69) is 20.4 Å². The maximum atomic E-state index is 13.5. The van der Waals surface area contributed by atoms with Crippen molar-refractivity contribution in [1.29, 1.82) is 0 Å². The SMILES string of the molecule is CCNC(=NCc1oc2ccc(F)cc2c1C)N1CCN(CC(=O)NC2CC2)CC1. The van der Waals surface area contributed by atoms with Crippen molar-refractivity contribution in [3.8, 4) is 0 Å². The van der Waals surface area contributed by atoms with Gasteiger partial charge in [-0.25, -0.2) is 9.38 Å². The molecule has 1 saturated carbocycles. The van der Waals surface area contributed by atoms with Crippen molar-refractivity contribution in [3.63, 3.8) is 0 Å². The molecule has 1 aliphatic carbocycles. The van der Waals surface area contributed by atoms with Crippen molar-refractivity contribution in [3.05, 3.63) is 35.3 Å². The van der Waals surface area contributed by atoms with Gasteiger partial charge in [-0.05, 0) is 44.9 Å². The summed E-state index contributed by atoms with van der Waals surface area (Å²) in [7, 11) is 0. The summed E-state index contributed by atoms with van der Waals surface area (Å²) in [5.74, 6) is 1.45. The summed E-state index contributed by atoms with van der Waals surface area (Å²) in [5.41, 5.74) is 1.61. The Balaban J connectivity index is 1.37. The smallest absolute Gasteiger partial charge is 0.234 e. The van der Waals surface area contributed by atoms with Gasteiger partial charge in [-0.15, -0.1) is 0 Å². The second-order valence-electron chi connectivity index (χ2n) is 8.07. The normalized spacial score (nSPS) is 18.1. The molecule has 7 nitrogen and oxygen atoms in total. The number of nitrogens with zero attached hydrogens (tertiary/aromatic N) is 3. The second kappa shape index (κ2) is 9.04. The lowest BCUT2D eigenvalue weighted by Crippen LogP contribution is -2.54. The summed E-state index contributed by atoms with van der Waals surface area (Å²) < 4.78 is 19.4. The highest BCUT2D eigenvalue weighted by molar-refractivity contribution is 5.83. The van der Waals surface area contributed by atoms with Gasteiger partial charge in [0.25, 0.3) is 0 Å². The van der Waals surface area contributed by atoms with Crippen LogP contribution in [0.3, 0.4) is 0 Å². The van der Waals surface area contributed by atoms with E-state index in [0.29, 0.717) is 24.7 Å². The van der Waals surface area contributed by atoms with E-state index >= 15 is 0 Å². The first-order valence-corrected chi connectivity index (χ1v) is 10.8. The number of aliphatic imine (C=N–C) groups is 1. The molecule has 2 aliphatic rings. The number of rotatable bonds is 6. The van der Waals surface area contributed by atoms with Gasteiger partial charge in [0.05, 0.1) is 6.54 Å². The molecule has 0 unspecified atom stereocenters. The molecule has 30 heavy (non-hydrogen) atoms. The number of amides is 1. The van der Waals surface area contributed by atoms with Crippen molar-refractivity contribution < 1.29 is 13.6 Å². The topological polar surface area (TPSA) is 73.1 Å². The zero-order valence-corrected chi connectivity index (χ0v) is 17.7. The standard InChI is InChI=1S/C22H30FN5O2/c1-3-24-22(25-13-20-15(2)18-12-16(23)4-7-19(18)30-20)28-10-8-27(9-11-28)14-21(29)26-17-5-6-17/h4,7,12,17H,3,5-6,8-11,13-14H2,1-2H3,(H,24,25)(H,26,29). The van der Waals surface area contributed by atoms with Gasteiger partial charge < -0.3 is 20.0 Å². The minimum atomic E-state index is -0.265. The van der Waals surface area contributed by atoms with Crippen LogP contribution in [0.5, 0.6) is 0 Å². The predicted octanol–water partition coefficient (Wildman–Crippen LogP) is 2.24. The number of furan rings is 1. The monoisotopic (exact) mass is 415 g/mol. The average Bonchev–Trinajstić information content (AvgIpc) is 3.49. The Morgan fingerprint density at radius 3 is 2.73 bits per heavy atom. The molecule has 0 atom stereocenters. The molecule has 1 aromatic heterocycles. The maximum absolute atomic E-state index is 13.5. The predicted molar refractivity (Wildman–Crippen MR) is 115 cm³/mol. The average molecular weight is 416 g/mol. The highest BCUT2D eigenvalue weighted by Crippen LogP contribution is 2.26. The van der Waals surface area contributed by atoms with Crippen LogP contribution < -0.4 is 10.6 Å². The lowest BCUT2D eigenvalue weighted by molar-refractivity contribution is -0.122. The Hall–Kier alpha value is -2.61. The van der Waals surface area contributed by atoms with Crippen LogP contribution in [0.1, 0.15) is 31.1 Å². The number of hydrogen-bond donors (Lipinski definition) is 2. The lowest BCUT2D eigenvalue weighted by Gasteiger charge is -2.36. The third-order valence-electron chi connectivity index (χ3n) is 5.69. The zero-order valence-electron chi connectivity index (χ0n) is 17.7. The van der Waals surface area contributed by atoms with Gasteiger partial charge in [0, 0.05) is 49.7 Å². The Morgan fingerprint density at radius 2 is 2.03 bits per heavy atom. The van der Waals surface area contributed by atoms with Gasteiger partial charge in [-0.2, -0.15) is 0 Å². The summed E-state index contributed by atoms with van der Waals surface area (Å²) in [6, 6.07) is 4.98. The van der Waals surface area contributed by atoms with E-state index in [-0.39, 0.29) is 11.7 Å². The van der Waals surface area contributed by atoms with Crippen molar-refractivity contribution in [2.24, 2.45) is 4.99 Å². The molecule has 2 heterocycles. The molecule has 162 valence electrons. The van der Waals surface area contributed by atoms with Crippen LogP contribution in [-0.4, -0.2) is 67.0 Å². The van der Waals surface area contributed by atoms with Crippen LogP contribution in [-0.2, 0) is 11.3 Å². The number of aryl methyl sites for hydroxylation is 1. The third kappa shape index (κ3) is 4.92. The van der Waals surface area contributed by atoms with E-state index in [4.69, 9.17) is 9.41 Å². The van der Waals surface area contributed by atoms with Gasteiger partial charge in [0.15, 0.2) is 5.96 Å². The zero-order chi connectivity index (χ0) is 21.1. The van der Waals surface area contributed by atoms with E-state index in [1.54, 1.807) is 6.07 Å². The fourth-order valence-electron chi connectivity index (χ4n) is 3.79. The van der Waals surface area contributed by atoms with Gasteiger partial charge in [0.1, 0.15) is 23.7 Å². The van der Waals surface area contributed by atoms with Crippen molar-refractivity contribution >= 4 is 22.8 Å². The second-order valence-corrected chi connectivity index (χ2v) is 8.07. The van der Waals surface area contributed by atoms with Crippen molar-refractivity contribution in [1.82, 2.24) is 20.4 Å². The Labute approximate surface area is 176 Å². The van der Waals surface area contributed by atoms with Crippen LogP contribution in [0.4, 0.5) is 4.39 Å². The number of nitrogens with one attached hydrogen (secondary N) is 2. The molecule has 0 spiro atoms. The van der Waals surface area contributed by atoms with E-state index in [9.17, 15) is 9.18 Å². The van der Waals surface area contributed by atoms with E-state index < -0.39 is 0 Å². The van der Waals surface area contributed by atoms with Gasteiger partial charge >= 0.3 is 0 Å². The Morgan fingerprint density at radius 1 is 1.27 bits per heavy atom. The Bertz CT molecular complexity index is 929. The van der Waals surface area contributed by atoms with E-state index in [1.165, 1.54) is 12.1 Å². The molecule has 4 rings (SSSR count). The summed E-state index contributed by atoms with van der Waals surface area (Å²) in [6.45, 7) is 8.89. The highest BCUT2D eigenvalue weighted by atomic mass is 19.1. The number of carbonyl (C=O) groups excluding carboxylic acids is 1. The van der Waals surface area contributed by atoms with Crippen LogP contribution in [0, 0.1) is 12.7 Å². The first-order chi connectivity index (χ1) is 14.5. The number of hydrogen-bond acceptors (Lipinski definition) is 4. The molecular weight excluding hydrogens is 385 g/mol. The molecular formula is C22H30FN5O2. The molecule has 8 heteroatoms. The molecule has 1 aliphatic heterocycles. The molecule has 0 radical (unpaired) electrons. The van der Waals surface area contributed by atoms with Gasteiger partial charge in [-0.3, -0.25) is 9.69 Å². The van der Waals surface area contributed by atoms with Crippen LogP contribution in [0.2, 0.25) is 0 Å². The quantitative estimate of drug-likeness (QED) is 0.559. The van der Waals surface area contributed by atoms with Crippen LogP contribution >= 0.6 is 0 Å². The van der Waals surface area contributed by atoms with E-state index in [1.807, 2.05) is 13.8 Å². The number of piperazine rings is 1. The van der Waals surface area contributed by atoms with Crippen molar-refractivity contribution in [2.45, 2.75) is 39.3 Å². The highest BCUT2D eigenvalue weighted by Gasteiger charge is 2.26. The van der Waals surface area contributed by atoms with Gasteiger partial charge in [-0.1, -0.05) is 0 Å². The molecule has 2 fully saturated rings. The van der Waals surface area contributed by atoms with E-state index in [0.717, 1.165) is 68.2 Å². The lowest BCUT2D eigenvalue weighted by atomic mass is 10.1. The third-order valence-corrected chi connectivity index (χ3v) is 5.69. The maximum Gasteiger partial charge on any atom is 0.234 e. The van der Waals surface area contributed by atoms with Crippen molar-refractivity contribution in [2.75, 3.05) is 39.3 Å². The molecule has 1 aromatic carbocycles. The molecule has 2 aromatic rings. The molecule has 1 amide bonds. The van der Waals surface area contributed by atoms with Gasteiger partial charge in [0.2, 0.25) is 5.91 Å². The minimum absolute atomic E-state index is 0.128. The number of carbonyl (C=O) groups is 1. The molecule has 1 saturated heterocycles. The fraction of sp³-hybridized carbons (Fsp3) is 0.545. The summed E-state index contributed by atoms with van der Waals surface area (Å²) in [5, 5.41) is 7.20. The van der Waals surface area contributed by atoms with Crippen LogP contribution in [0.15, 0.2) is 27.6 Å². The largest absolute Gasteiger partial charge is 0.459 e. The number of halogens is 1.